The van der Waals surface area contributed by atoms with Gasteiger partial charge in [0.15, 0.2) is 17.3 Å². The van der Waals surface area contributed by atoms with E-state index < -0.39 is 6.04 Å². The summed E-state index contributed by atoms with van der Waals surface area (Å²) in [4.78, 5) is 18.6. The van der Waals surface area contributed by atoms with Gasteiger partial charge < -0.3 is 19.2 Å². The highest BCUT2D eigenvalue weighted by Crippen LogP contribution is 2.36. The van der Waals surface area contributed by atoms with E-state index in [9.17, 15) is 4.79 Å². The van der Waals surface area contributed by atoms with Crippen molar-refractivity contribution in [2.24, 2.45) is 0 Å². The molecule has 1 atom stereocenters. The molecule has 1 aliphatic heterocycles. The van der Waals surface area contributed by atoms with Crippen LogP contribution in [0, 0.1) is 0 Å². The van der Waals surface area contributed by atoms with E-state index in [2.05, 4.69) is 44.5 Å². The van der Waals surface area contributed by atoms with Gasteiger partial charge in [0, 0.05) is 30.7 Å². The van der Waals surface area contributed by atoms with Gasteiger partial charge in [-0.1, -0.05) is 37.3 Å². The SMILES string of the molecule is CCN(Cc1ccccc1)[C@@H](c1cc2cc3c(cc2[nH]c1=O)OCO3)c1nnnn1CCOC. The Hall–Kier alpha value is -3.76. The monoisotopic (exact) mass is 462 g/mol. The molecule has 1 aliphatic rings. The summed E-state index contributed by atoms with van der Waals surface area (Å²) in [5, 5.41) is 13.3. The highest BCUT2D eigenvalue weighted by molar-refractivity contribution is 5.83. The first-order valence-corrected chi connectivity index (χ1v) is 11.2. The summed E-state index contributed by atoms with van der Waals surface area (Å²) in [5.74, 6) is 1.86. The maximum Gasteiger partial charge on any atom is 0.253 e. The van der Waals surface area contributed by atoms with E-state index in [4.69, 9.17) is 14.2 Å². The zero-order valence-corrected chi connectivity index (χ0v) is 19.1. The van der Waals surface area contributed by atoms with Crippen molar-refractivity contribution in [3.8, 4) is 11.5 Å². The molecule has 0 saturated carbocycles. The van der Waals surface area contributed by atoms with E-state index in [0.29, 0.717) is 54.6 Å². The zero-order chi connectivity index (χ0) is 23.5. The first-order chi connectivity index (χ1) is 16.7. The summed E-state index contributed by atoms with van der Waals surface area (Å²) in [7, 11) is 1.63. The standard InChI is InChI=1S/C24H26N6O4/c1-3-29(14-16-7-5-4-6-8-16)22(23-26-27-28-30(23)9-10-32-2)18-11-17-12-20-21(34-15-33-20)13-19(17)25-24(18)31/h4-8,11-13,22H,3,9-10,14-15H2,1-2H3,(H,25,31)/t22-/m0/s1. The average Bonchev–Trinajstić information content (AvgIpc) is 3.51. The lowest BCUT2D eigenvalue weighted by atomic mass is 10.0. The summed E-state index contributed by atoms with van der Waals surface area (Å²) in [5.41, 5.74) is 2.16. The number of nitrogens with zero attached hydrogens (tertiary/aromatic N) is 5. The number of methoxy groups -OCH3 is 1. The van der Waals surface area contributed by atoms with Crippen molar-refractivity contribution in [2.75, 3.05) is 27.1 Å². The van der Waals surface area contributed by atoms with Crippen molar-refractivity contribution in [3.05, 3.63) is 75.8 Å². The Kier molecular flexibility index (Phi) is 6.24. The van der Waals surface area contributed by atoms with Crippen molar-refractivity contribution in [1.29, 1.82) is 0 Å². The number of tetrazole rings is 1. The van der Waals surface area contributed by atoms with Crippen LogP contribution in [0.2, 0.25) is 0 Å². The molecule has 10 nitrogen and oxygen atoms in total. The van der Waals surface area contributed by atoms with Crippen LogP contribution >= 0.6 is 0 Å². The second-order valence-corrected chi connectivity index (χ2v) is 8.05. The molecule has 0 aliphatic carbocycles. The van der Waals surface area contributed by atoms with Crippen LogP contribution in [-0.2, 0) is 17.8 Å². The Balaban J connectivity index is 1.64. The van der Waals surface area contributed by atoms with Crippen LogP contribution in [0.1, 0.15) is 29.9 Å². The third-order valence-electron chi connectivity index (χ3n) is 5.97. The first kappa shape index (κ1) is 22.1. The number of pyridine rings is 1. The minimum Gasteiger partial charge on any atom is -0.454 e. The topological polar surface area (TPSA) is 107 Å². The number of hydrogen-bond acceptors (Lipinski definition) is 8. The molecule has 4 aromatic rings. The molecule has 0 saturated heterocycles. The quantitative estimate of drug-likeness (QED) is 0.404. The van der Waals surface area contributed by atoms with Crippen molar-refractivity contribution >= 4 is 10.9 Å². The largest absolute Gasteiger partial charge is 0.454 e. The van der Waals surface area contributed by atoms with Gasteiger partial charge in [-0.25, -0.2) is 4.68 Å². The summed E-state index contributed by atoms with van der Waals surface area (Å²) in [6.45, 7) is 4.45. The Morgan fingerprint density at radius 2 is 1.97 bits per heavy atom. The fourth-order valence-electron chi connectivity index (χ4n) is 4.26. The van der Waals surface area contributed by atoms with E-state index >= 15 is 0 Å². The van der Waals surface area contributed by atoms with E-state index in [1.54, 1.807) is 17.9 Å². The van der Waals surface area contributed by atoms with Crippen LogP contribution < -0.4 is 15.0 Å². The smallest absolute Gasteiger partial charge is 0.253 e. The molecule has 2 aromatic heterocycles. The summed E-state index contributed by atoms with van der Waals surface area (Å²) in [6.07, 6.45) is 0. The van der Waals surface area contributed by atoms with Crippen LogP contribution in [0.3, 0.4) is 0 Å². The maximum atomic E-state index is 13.4. The summed E-state index contributed by atoms with van der Waals surface area (Å²) < 4.78 is 17.9. The van der Waals surface area contributed by atoms with Gasteiger partial charge >= 0.3 is 0 Å². The first-order valence-electron chi connectivity index (χ1n) is 11.2. The van der Waals surface area contributed by atoms with Crippen molar-refractivity contribution in [3.63, 3.8) is 0 Å². The number of hydrogen-bond donors (Lipinski definition) is 1. The van der Waals surface area contributed by atoms with Gasteiger partial charge in [-0.2, -0.15) is 0 Å². The van der Waals surface area contributed by atoms with Crippen LogP contribution in [0.15, 0.2) is 53.3 Å². The Labute approximate surface area is 196 Å². The maximum absolute atomic E-state index is 13.4. The minimum absolute atomic E-state index is 0.167. The van der Waals surface area contributed by atoms with E-state index in [1.165, 1.54) is 0 Å². The van der Waals surface area contributed by atoms with Gasteiger partial charge in [-0.15, -0.1) is 5.10 Å². The number of H-pyrrole nitrogens is 1. The highest BCUT2D eigenvalue weighted by atomic mass is 16.7. The van der Waals surface area contributed by atoms with Crippen molar-refractivity contribution in [2.45, 2.75) is 26.1 Å². The van der Waals surface area contributed by atoms with E-state index in [1.807, 2.05) is 30.3 Å². The molecule has 176 valence electrons. The predicted octanol–water partition coefficient (Wildman–Crippen LogP) is 2.50. The Morgan fingerprint density at radius 1 is 1.18 bits per heavy atom. The molecule has 0 amide bonds. The number of aromatic amines is 1. The number of benzene rings is 2. The lowest BCUT2D eigenvalue weighted by Gasteiger charge is -2.30. The van der Waals surface area contributed by atoms with Gasteiger partial charge in [0.1, 0.15) is 6.04 Å². The number of fused-ring (bicyclic) bond motifs is 2. The number of ether oxygens (including phenoxy) is 3. The molecule has 10 heteroatoms. The minimum atomic E-state index is -0.476. The molecule has 3 heterocycles. The molecule has 1 N–H and O–H groups in total. The predicted molar refractivity (Wildman–Crippen MR) is 125 cm³/mol. The van der Waals surface area contributed by atoms with Crippen molar-refractivity contribution in [1.82, 2.24) is 30.1 Å². The molecule has 0 unspecified atom stereocenters. The lowest BCUT2D eigenvalue weighted by Crippen LogP contribution is -2.35. The lowest BCUT2D eigenvalue weighted by molar-refractivity contribution is 0.173. The summed E-state index contributed by atoms with van der Waals surface area (Å²) in [6, 6.07) is 15.2. The van der Waals surface area contributed by atoms with Crippen LogP contribution in [0.5, 0.6) is 11.5 Å². The third kappa shape index (κ3) is 4.25. The molecule has 0 fully saturated rings. The molecule has 0 bridgehead atoms. The molecule has 0 spiro atoms. The average molecular weight is 463 g/mol. The molecule has 34 heavy (non-hydrogen) atoms. The molecule has 5 rings (SSSR count). The molecule has 0 radical (unpaired) electrons. The Bertz CT molecular complexity index is 1340. The molecular weight excluding hydrogens is 436 g/mol. The van der Waals surface area contributed by atoms with E-state index in [0.717, 1.165) is 10.9 Å². The Morgan fingerprint density at radius 3 is 2.74 bits per heavy atom. The number of rotatable bonds is 9. The van der Waals surface area contributed by atoms with Gasteiger partial charge in [0.05, 0.1) is 18.7 Å². The number of aromatic nitrogens is 5. The third-order valence-corrected chi connectivity index (χ3v) is 5.97. The zero-order valence-electron chi connectivity index (χ0n) is 19.1. The number of nitrogens with one attached hydrogen (secondary N) is 1. The molecular formula is C24H26N6O4. The normalized spacial score (nSPS) is 13.6. The van der Waals surface area contributed by atoms with Crippen LogP contribution in [0.4, 0.5) is 0 Å². The molecule has 2 aromatic carbocycles. The van der Waals surface area contributed by atoms with Gasteiger partial charge in [0.25, 0.3) is 5.56 Å². The van der Waals surface area contributed by atoms with E-state index in [-0.39, 0.29) is 12.4 Å². The second kappa shape index (κ2) is 9.62. The highest BCUT2D eigenvalue weighted by Gasteiger charge is 2.30. The van der Waals surface area contributed by atoms with Gasteiger partial charge in [0.2, 0.25) is 6.79 Å². The second-order valence-electron chi connectivity index (χ2n) is 8.05. The summed E-state index contributed by atoms with van der Waals surface area (Å²) >= 11 is 0. The van der Waals surface area contributed by atoms with Crippen LogP contribution in [0.25, 0.3) is 10.9 Å². The fraction of sp³-hybridized carbons (Fsp3) is 0.333. The van der Waals surface area contributed by atoms with Crippen LogP contribution in [-0.4, -0.2) is 57.1 Å². The fourth-order valence-corrected chi connectivity index (χ4v) is 4.26. The van der Waals surface area contributed by atoms with Gasteiger partial charge in [-0.3, -0.25) is 9.69 Å². The van der Waals surface area contributed by atoms with Gasteiger partial charge in [-0.05, 0) is 34.7 Å². The van der Waals surface area contributed by atoms with Crippen molar-refractivity contribution < 1.29 is 14.2 Å².